The lowest BCUT2D eigenvalue weighted by Crippen LogP contribution is -3.15. The first-order valence-corrected chi connectivity index (χ1v) is 8.97. The van der Waals surface area contributed by atoms with Crippen molar-refractivity contribution in [3.8, 4) is 5.75 Å². The van der Waals surface area contributed by atoms with Gasteiger partial charge in [0.1, 0.15) is 25.0 Å². The van der Waals surface area contributed by atoms with Crippen LogP contribution in [0.2, 0.25) is 0 Å². The first-order chi connectivity index (χ1) is 10.7. The Morgan fingerprint density at radius 2 is 2.09 bits per heavy atom. The highest BCUT2D eigenvalue weighted by atomic mass is 16.5. The molecule has 4 atom stereocenters. The van der Waals surface area contributed by atoms with Crippen LogP contribution in [-0.4, -0.2) is 36.9 Å². The van der Waals surface area contributed by atoms with Gasteiger partial charge >= 0.3 is 0 Å². The quantitative estimate of drug-likeness (QED) is 0.873. The van der Waals surface area contributed by atoms with Crippen LogP contribution in [0.1, 0.15) is 45.6 Å². The van der Waals surface area contributed by atoms with Crippen molar-refractivity contribution in [1.29, 1.82) is 0 Å². The number of aryl methyl sites for hydroxylation is 1. The smallest absolute Gasteiger partial charge is 0.137 e. The van der Waals surface area contributed by atoms with Crippen molar-refractivity contribution in [2.75, 3.05) is 19.7 Å². The van der Waals surface area contributed by atoms with Crippen LogP contribution in [0.25, 0.3) is 0 Å². The fraction of sp³-hybridized carbons (Fsp3) is 0.700. The number of likely N-dealkylation sites (tertiary alicyclic amines) is 1. The molecule has 3 rings (SSSR count). The van der Waals surface area contributed by atoms with Crippen molar-refractivity contribution in [2.24, 2.45) is 10.8 Å². The summed E-state index contributed by atoms with van der Waals surface area (Å²) in [5.74, 6) is 0.854. The second-order valence-electron chi connectivity index (χ2n) is 9.08. The van der Waals surface area contributed by atoms with Crippen LogP contribution in [-0.2, 0) is 0 Å². The summed E-state index contributed by atoms with van der Waals surface area (Å²) in [5.41, 5.74) is 2.09. The number of aliphatic hydroxyl groups is 1. The van der Waals surface area contributed by atoms with E-state index in [1.54, 1.807) is 4.90 Å². The van der Waals surface area contributed by atoms with Crippen molar-refractivity contribution < 1.29 is 14.7 Å². The zero-order chi connectivity index (χ0) is 16.7. The number of ether oxygens (including phenoxy) is 1. The SMILES string of the molecule is Cc1cccc(OC[C@H](O)C[NH+]2C[C@]3(C)C[C@H]2CC(C)(C)C3)c1. The predicted molar refractivity (Wildman–Crippen MR) is 92.9 cm³/mol. The van der Waals surface area contributed by atoms with Gasteiger partial charge in [0.2, 0.25) is 0 Å². The van der Waals surface area contributed by atoms with Crippen molar-refractivity contribution in [1.82, 2.24) is 0 Å². The topological polar surface area (TPSA) is 33.9 Å². The second-order valence-corrected chi connectivity index (χ2v) is 9.08. The number of benzene rings is 1. The molecule has 0 aromatic heterocycles. The van der Waals surface area contributed by atoms with Crippen molar-refractivity contribution in [3.05, 3.63) is 29.8 Å². The van der Waals surface area contributed by atoms with Gasteiger partial charge in [0.25, 0.3) is 0 Å². The molecule has 0 spiro atoms. The van der Waals surface area contributed by atoms with Crippen LogP contribution in [0, 0.1) is 17.8 Å². The first kappa shape index (κ1) is 16.8. The highest BCUT2D eigenvalue weighted by Gasteiger charge is 2.52. The van der Waals surface area contributed by atoms with E-state index in [0.29, 0.717) is 23.5 Å². The fourth-order valence-corrected chi connectivity index (χ4v) is 5.25. The van der Waals surface area contributed by atoms with Gasteiger partial charge in [-0.2, -0.15) is 0 Å². The maximum Gasteiger partial charge on any atom is 0.137 e. The molecule has 1 aliphatic carbocycles. The van der Waals surface area contributed by atoms with E-state index in [-0.39, 0.29) is 0 Å². The lowest BCUT2D eigenvalue weighted by atomic mass is 9.65. The van der Waals surface area contributed by atoms with E-state index in [1.807, 2.05) is 18.2 Å². The van der Waals surface area contributed by atoms with Gasteiger partial charge in [0.15, 0.2) is 0 Å². The standard InChI is InChI=1S/C20H31NO2/c1-15-6-5-7-18(8-15)23-12-17(22)11-21-14-20(4)10-16(21)9-19(2,3)13-20/h5-8,16-17,22H,9-14H2,1-4H3/p+1/t16-,17-,20-/m1/s1. The number of rotatable bonds is 5. The Kier molecular flexibility index (Phi) is 4.45. The molecular weight excluding hydrogens is 286 g/mol. The summed E-state index contributed by atoms with van der Waals surface area (Å²) in [6, 6.07) is 8.73. The summed E-state index contributed by atoms with van der Waals surface area (Å²) < 4.78 is 5.77. The van der Waals surface area contributed by atoms with Gasteiger partial charge < -0.3 is 14.7 Å². The lowest BCUT2D eigenvalue weighted by molar-refractivity contribution is -0.917. The molecule has 128 valence electrons. The van der Waals surface area contributed by atoms with Crippen molar-refractivity contribution >= 4 is 0 Å². The van der Waals surface area contributed by atoms with Crippen LogP contribution in [0.15, 0.2) is 24.3 Å². The van der Waals surface area contributed by atoms with E-state index in [9.17, 15) is 5.11 Å². The molecule has 1 aromatic rings. The molecular formula is C20H32NO2+. The minimum absolute atomic E-state index is 0.389. The van der Waals surface area contributed by atoms with Gasteiger partial charge in [-0.05, 0) is 36.5 Å². The Morgan fingerprint density at radius 1 is 1.30 bits per heavy atom. The maximum absolute atomic E-state index is 10.4. The summed E-state index contributed by atoms with van der Waals surface area (Å²) in [6.07, 6.45) is 3.52. The van der Waals surface area contributed by atoms with Crippen LogP contribution in [0.3, 0.4) is 0 Å². The van der Waals surface area contributed by atoms with Gasteiger partial charge in [0.05, 0.1) is 12.6 Å². The van der Waals surface area contributed by atoms with Crippen LogP contribution in [0.4, 0.5) is 0 Å². The average Bonchev–Trinajstić information content (AvgIpc) is 2.65. The molecule has 3 heteroatoms. The summed E-state index contributed by atoms with van der Waals surface area (Å²) in [5, 5.41) is 10.4. The molecule has 0 amide bonds. The molecule has 1 aliphatic heterocycles. The summed E-state index contributed by atoms with van der Waals surface area (Å²) in [7, 11) is 0. The molecule has 0 radical (unpaired) electrons. The monoisotopic (exact) mass is 318 g/mol. The molecule has 2 fully saturated rings. The maximum atomic E-state index is 10.4. The Bertz CT molecular complexity index is 556. The molecule has 1 saturated heterocycles. The fourth-order valence-electron chi connectivity index (χ4n) is 5.25. The molecule has 1 aromatic carbocycles. The van der Waals surface area contributed by atoms with Crippen LogP contribution < -0.4 is 9.64 Å². The number of fused-ring (bicyclic) bond motifs is 2. The molecule has 2 aliphatic rings. The molecule has 1 saturated carbocycles. The van der Waals surface area contributed by atoms with Crippen LogP contribution in [0.5, 0.6) is 5.75 Å². The molecule has 1 heterocycles. The number of aliphatic hydroxyl groups excluding tert-OH is 1. The Morgan fingerprint density at radius 3 is 2.83 bits per heavy atom. The van der Waals surface area contributed by atoms with Gasteiger partial charge in [-0.3, -0.25) is 0 Å². The number of nitrogens with one attached hydrogen (secondary N) is 1. The third-order valence-corrected chi connectivity index (χ3v) is 5.60. The zero-order valence-electron chi connectivity index (χ0n) is 15.1. The molecule has 2 bridgehead atoms. The highest BCUT2D eigenvalue weighted by molar-refractivity contribution is 5.27. The van der Waals surface area contributed by atoms with Gasteiger partial charge in [-0.25, -0.2) is 0 Å². The number of hydrogen-bond donors (Lipinski definition) is 2. The third-order valence-electron chi connectivity index (χ3n) is 5.60. The number of quaternary nitrogens is 1. The van der Waals surface area contributed by atoms with E-state index >= 15 is 0 Å². The minimum atomic E-state index is -0.392. The molecule has 23 heavy (non-hydrogen) atoms. The van der Waals surface area contributed by atoms with E-state index in [4.69, 9.17) is 4.74 Å². The second kappa shape index (κ2) is 6.10. The van der Waals surface area contributed by atoms with E-state index < -0.39 is 6.10 Å². The summed E-state index contributed by atoms with van der Waals surface area (Å²) in [6.45, 7) is 11.7. The minimum Gasteiger partial charge on any atom is -0.491 e. The van der Waals surface area contributed by atoms with Gasteiger partial charge in [-0.15, -0.1) is 0 Å². The zero-order valence-corrected chi connectivity index (χ0v) is 15.1. The van der Waals surface area contributed by atoms with E-state index in [0.717, 1.165) is 12.3 Å². The molecule has 3 nitrogen and oxygen atoms in total. The lowest BCUT2D eigenvalue weighted by Gasteiger charge is -2.37. The van der Waals surface area contributed by atoms with Crippen molar-refractivity contribution in [3.63, 3.8) is 0 Å². The Balaban J connectivity index is 1.53. The van der Waals surface area contributed by atoms with Gasteiger partial charge in [-0.1, -0.05) is 32.9 Å². The first-order valence-electron chi connectivity index (χ1n) is 8.97. The normalized spacial score (nSPS) is 33.4. The largest absolute Gasteiger partial charge is 0.491 e. The van der Waals surface area contributed by atoms with E-state index in [1.165, 1.54) is 31.4 Å². The van der Waals surface area contributed by atoms with Crippen LogP contribution >= 0.6 is 0 Å². The van der Waals surface area contributed by atoms with Crippen molar-refractivity contribution in [2.45, 2.75) is 59.1 Å². The number of hydrogen-bond acceptors (Lipinski definition) is 2. The average molecular weight is 318 g/mol. The van der Waals surface area contributed by atoms with Gasteiger partial charge in [0, 0.05) is 18.3 Å². The third kappa shape index (κ3) is 4.07. The summed E-state index contributed by atoms with van der Waals surface area (Å²) in [4.78, 5) is 1.58. The highest BCUT2D eigenvalue weighted by Crippen LogP contribution is 2.47. The van der Waals surface area contributed by atoms with E-state index in [2.05, 4.69) is 33.8 Å². The Labute approximate surface area is 140 Å². The summed E-state index contributed by atoms with van der Waals surface area (Å²) >= 11 is 0. The molecule has 2 N–H and O–H groups in total. The Hall–Kier alpha value is -1.06. The predicted octanol–water partition coefficient (Wildman–Crippen LogP) is 2.22. The molecule has 1 unspecified atom stereocenters.